The average Bonchev–Trinajstić information content (AvgIpc) is 3.50. The van der Waals surface area contributed by atoms with E-state index in [0.717, 1.165) is 28.7 Å². The van der Waals surface area contributed by atoms with Gasteiger partial charge in [0, 0.05) is 41.8 Å². The van der Waals surface area contributed by atoms with Crippen molar-refractivity contribution in [1.29, 1.82) is 0 Å². The molecule has 5 rings (SSSR count). The molecule has 0 unspecified atom stereocenters. The van der Waals surface area contributed by atoms with Crippen LogP contribution in [0.3, 0.4) is 0 Å². The molecule has 31 heavy (non-hydrogen) atoms. The standard InChI is InChI=1S/C23H22N6OS/c1-4-29-13-18(17-7-5-6-8-19(17)29)22-25-26-23(28(22)3)31-14-20-24-21(27-30-20)16-11-9-15(2)10-12-16/h5-13H,4,14H2,1-3H3. The number of fused-ring (bicyclic) bond motifs is 1. The first-order chi connectivity index (χ1) is 15.1. The van der Waals surface area contributed by atoms with E-state index in [4.69, 9.17) is 4.52 Å². The van der Waals surface area contributed by atoms with Gasteiger partial charge in [-0.05, 0) is 19.9 Å². The maximum atomic E-state index is 5.44. The number of thioether (sulfide) groups is 1. The SMILES string of the molecule is CCn1cc(-c2nnc(SCc3nc(-c4ccc(C)cc4)no3)n2C)c2ccccc21. The minimum Gasteiger partial charge on any atom is -0.347 e. The van der Waals surface area contributed by atoms with Crippen LogP contribution in [0.5, 0.6) is 0 Å². The van der Waals surface area contributed by atoms with Gasteiger partial charge in [-0.1, -0.05) is 64.9 Å². The van der Waals surface area contributed by atoms with Gasteiger partial charge in [0.1, 0.15) is 0 Å². The zero-order chi connectivity index (χ0) is 21.4. The van der Waals surface area contributed by atoms with E-state index in [0.29, 0.717) is 17.5 Å². The van der Waals surface area contributed by atoms with Crippen LogP contribution in [-0.2, 0) is 19.3 Å². The van der Waals surface area contributed by atoms with Gasteiger partial charge in [0.15, 0.2) is 11.0 Å². The Morgan fingerprint density at radius 2 is 1.84 bits per heavy atom. The molecular formula is C23H22N6OS. The number of nitrogens with zero attached hydrogens (tertiary/aromatic N) is 6. The fourth-order valence-electron chi connectivity index (χ4n) is 3.62. The summed E-state index contributed by atoms with van der Waals surface area (Å²) in [6.07, 6.45) is 2.15. The summed E-state index contributed by atoms with van der Waals surface area (Å²) in [5.74, 6) is 2.53. The Morgan fingerprint density at radius 3 is 2.65 bits per heavy atom. The molecule has 0 aliphatic carbocycles. The van der Waals surface area contributed by atoms with E-state index in [1.54, 1.807) is 0 Å². The summed E-state index contributed by atoms with van der Waals surface area (Å²) in [5, 5.41) is 15.0. The van der Waals surface area contributed by atoms with E-state index in [-0.39, 0.29) is 0 Å². The lowest BCUT2D eigenvalue weighted by Crippen LogP contribution is -1.95. The van der Waals surface area contributed by atoms with Gasteiger partial charge in [0.25, 0.3) is 0 Å². The van der Waals surface area contributed by atoms with Crippen molar-refractivity contribution in [2.75, 3.05) is 0 Å². The van der Waals surface area contributed by atoms with Crippen LogP contribution in [0.25, 0.3) is 33.7 Å². The topological polar surface area (TPSA) is 74.6 Å². The van der Waals surface area contributed by atoms with Crippen LogP contribution in [0.15, 0.2) is 64.4 Å². The van der Waals surface area contributed by atoms with Crippen molar-refractivity contribution in [2.24, 2.45) is 7.05 Å². The molecule has 2 aromatic carbocycles. The smallest absolute Gasteiger partial charge is 0.237 e. The first kappa shape index (κ1) is 19.6. The number of hydrogen-bond donors (Lipinski definition) is 0. The minimum atomic E-state index is 0.529. The lowest BCUT2D eigenvalue weighted by atomic mass is 10.1. The molecule has 0 fully saturated rings. The molecule has 5 aromatic rings. The molecule has 0 amide bonds. The maximum Gasteiger partial charge on any atom is 0.237 e. The molecule has 156 valence electrons. The Balaban J connectivity index is 1.37. The van der Waals surface area contributed by atoms with Gasteiger partial charge in [0.05, 0.1) is 5.75 Å². The largest absolute Gasteiger partial charge is 0.347 e. The molecule has 0 saturated heterocycles. The lowest BCUT2D eigenvalue weighted by molar-refractivity contribution is 0.391. The highest BCUT2D eigenvalue weighted by atomic mass is 32.2. The van der Waals surface area contributed by atoms with Crippen LogP contribution in [-0.4, -0.2) is 29.5 Å². The number of aryl methyl sites for hydroxylation is 2. The third kappa shape index (κ3) is 3.63. The molecule has 8 heteroatoms. The number of benzene rings is 2. The minimum absolute atomic E-state index is 0.529. The van der Waals surface area contributed by atoms with Crippen molar-refractivity contribution in [3.8, 4) is 22.8 Å². The zero-order valence-corrected chi connectivity index (χ0v) is 18.4. The van der Waals surface area contributed by atoms with Crippen LogP contribution in [0.2, 0.25) is 0 Å². The second-order valence-electron chi connectivity index (χ2n) is 7.38. The predicted molar refractivity (Wildman–Crippen MR) is 122 cm³/mol. The number of hydrogen-bond acceptors (Lipinski definition) is 6. The Bertz CT molecular complexity index is 1350. The van der Waals surface area contributed by atoms with Gasteiger partial charge in [-0.3, -0.25) is 0 Å². The molecule has 0 spiro atoms. The van der Waals surface area contributed by atoms with Crippen LogP contribution in [0, 0.1) is 6.92 Å². The van der Waals surface area contributed by atoms with Gasteiger partial charge < -0.3 is 13.7 Å². The Kier molecular flexibility index (Phi) is 5.07. The summed E-state index contributed by atoms with van der Waals surface area (Å²) in [5.41, 5.74) is 4.42. The van der Waals surface area contributed by atoms with Crippen LogP contribution in [0.1, 0.15) is 18.4 Å². The van der Waals surface area contributed by atoms with Gasteiger partial charge in [-0.25, -0.2) is 0 Å². The molecule has 0 N–H and O–H groups in total. The molecule has 0 bridgehead atoms. The third-order valence-corrected chi connectivity index (χ3v) is 6.31. The van der Waals surface area contributed by atoms with E-state index in [2.05, 4.69) is 69.2 Å². The van der Waals surface area contributed by atoms with Crippen molar-refractivity contribution in [2.45, 2.75) is 31.3 Å². The molecule has 0 atom stereocenters. The second-order valence-corrected chi connectivity index (χ2v) is 8.32. The highest BCUT2D eigenvalue weighted by Gasteiger charge is 2.17. The maximum absolute atomic E-state index is 5.44. The first-order valence-corrected chi connectivity index (χ1v) is 11.1. The van der Waals surface area contributed by atoms with Crippen molar-refractivity contribution in [3.63, 3.8) is 0 Å². The Labute approximate surface area is 184 Å². The summed E-state index contributed by atoms with van der Waals surface area (Å²) in [6.45, 7) is 5.10. The van der Waals surface area contributed by atoms with Gasteiger partial charge in [-0.2, -0.15) is 4.98 Å². The summed E-state index contributed by atoms with van der Waals surface area (Å²) in [7, 11) is 1.99. The molecule has 0 aliphatic rings. The van der Waals surface area contributed by atoms with E-state index in [1.807, 2.05) is 35.9 Å². The quantitative estimate of drug-likeness (QED) is 0.349. The number of aromatic nitrogens is 6. The molecule has 3 aromatic heterocycles. The fourth-order valence-corrected chi connectivity index (χ4v) is 4.37. The Morgan fingerprint density at radius 1 is 1.03 bits per heavy atom. The van der Waals surface area contributed by atoms with Gasteiger partial charge in [-0.15, -0.1) is 10.2 Å². The monoisotopic (exact) mass is 430 g/mol. The van der Waals surface area contributed by atoms with Crippen molar-refractivity contribution in [1.82, 2.24) is 29.5 Å². The summed E-state index contributed by atoms with van der Waals surface area (Å²) < 4.78 is 9.69. The third-order valence-electron chi connectivity index (χ3n) is 5.31. The van der Waals surface area contributed by atoms with Crippen LogP contribution < -0.4 is 0 Å². The molecule has 0 aliphatic heterocycles. The predicted octanol–water partition coefficient (Wildman–Crippen LogP) is 5.11. The molecule has 0 radical (unpaired) electrons. The van der Waals surface area contributed by atoms with Crippen molar-refractivity contribution < 1.29 is 4.52 Å². The summed E-state index contributed by atoms with van der Waals surface area (Å²) in [4.78, 5) is 4.52. The van der Waals surface area contributed by atoms with E-state index in [9.17, 15) is 0 Å². The molecule has 7 nitrogen and oxygen atoms in total. The summed E-state index contributed by atoms with van der Waals surface area (Å²) >= 11 is 1.53. The summed E-state index contributed by atoms with van der Waals surface area (Å²) in [6, 6.07) is 16.5. The van der Waals surface area contributed by atoms with E-state index in [1.165, 1.54) is 28.2 Å². The van der Waals surface area contributed by atoms with Crippen molar-refractivity contribution >= 4 is 22.7 Å². The normalized spacial score (nSPS) is 11.5. The highest BCUT2D eigenvalue weighted by Crippen LogP contribution is 2.31. The Hall–Kier alpha value is -3.39. The molecule has 0 saturated carbocycles. The fraction of sp³-hybridized carbons (Fsp3) is 0.217. The van der Waals surface area contributed by atoms with Crippen LogP contribution in [0.4, 0.5) is 0 Å². The number of rotatable bonds is 6. The van der Waals surface area contributed by atoms with Gasteiger partial charge in [0.2, 0.25) is 11.7 Å². The molecular weight excluding hydrogens is 408 g/mol. The first-order valence-electron chi connectivity index (χ1n) is 10.1. The van der Waals surface area contributed by atoms with Crippen LogP contribution >= 0.6 is 11.8 Å². The number of para-hydroxylation sites is 1. The lowest BCUT2D eigenvalue weighted by Gasteiger charge is -2.02. The second kappa shape index (κ2) is 8.03. The zero-order valence-electron chi connectivity index (χ0n) is 17.6. The van der Waals surface area contributed by atoms with E-state index < -0.39 is 0 Å². The highest BCUT2D eigenvalue weighted by molar-refractivity contribution is 7.98. The average molecular weight is 431 g/mol. The molecule has 3 heterocycles. The van der Waals surface area contributed by atoms with E-state index >= 15 is 0 Å². The van der Waals surface area contributed by atoms with Gasteiger partial charge >= 0.3 is 0 Å². The van der Waals surface area contributed by atoms with Crippen molar-refractivity contribution in [3.05, 3.63) is 66.2 Å².